The van der Waals surface area contributed by atoms with Gasteiger partial charge in [0, 0.05) is 63.4 Å². The highest BCUT2D eigenvalue weighted by atomic mass is 35.5. The average molecular weight is 537 g/mol. The first-order valence-electron chi connectivity index (χ1n) is 13.0. The normalized spacial score (nSPS) is 19.0. The number of anilines is 1. The van der Waals surface area contributed by atoms with Gasteiger partial charge < -0.3 is 14.2 Å². The van der Waals surface area contributed by atoms with E-state index >= 15 is 0 Å². The largest absolute Gasteiger partial charge is 0.379 e. The summed E-state index contributed by atoms with van der Waals surface area (Å²) in [7, 11) is 1.73. The van der Waals surface area contributed by atoms with Crippen LogP contribution in [0.3, 0.4) is 0 Å². The van der Waals surface area contributed by atoms with Gasteiger partial charge in [-0.3, -0.25) is 24.8 Å². The van der Waals surface area contributed by atoms with Crippen LogP contribution >= 0.6 is 11.6 Å². The minimum Gasteiger partial charge on any atom is -0.379 e. The Hall–Kier alpha value is -3.27. The number of pyridine rings is 1. The van der Waals surface area contributed by atoms with Crippen LogP contribution < -0.4 is 5.32 Å². The number of halogens is 1. The van der Waals surface area contributed by atoms with E-state index in [9.17, 15) is 9.59 Å². The number of imidazole rings is 1. The monoisotopic (exact) mass is 536 g/mol. The van der Waals surface area contributed by atoms with Crippen molar-refractivity contribution in [3.05, 3.63) is 65.0 Å². The summed E-state index contributed by atoms with van der Waals surface area (Å²) in [6.45, 7) is 5.55. The molecule has 5 rings (SSSR count). The molecule has 1 atom stereocenters. The molecule has 1 aromatic carbocycles. The second kappa shape index (κ2) is 11.6. The Morgan fingerprint density at radius 1 is 1.21 bits per heavy atom. The SMILES string of the molecule is COC1CN(CC=CC(=O)N2CCCCC(n3c(NC(=O)c4ccnc(C)c4)nc4cccc(Cl)c43)C2)C1. The molecule has 9 nitrogen and oxygen atoms in total. The average Bonchev–Trinajstić information content (AvgIpc) is 3.07. The van der Waals surface area contributed by atoms with Crippen LogP contribution in [0.2, 0.25) is 5.02 Å². The number of nitrogens with one attached hydrogen (secondary N) is 1. The zero-order valence-corrected chi connectivity index (χ0v) is 22.5. The first kappa shape index (κ1) is 26.3. The van der Waals surface area contributed by atoms with Gasteiger partial charge >= 0.3 is 0 Å². The molecular formula is C28H33ClN6O3. The number of methoxy groups -OCH3 is 1. The predicted molar refractivity (Wildman–Crippen MR) is 148 cm³/mol. The Morgan fingerprint density at radius 3 is 2.84 bits per heavy atom. The van der Waals surface area contributed by atoms with Crippen LogP contribution in [0.15, 0.2) is 48.7 Å². The number of carbonyl (C=O) groups excluding carboxylic acids is 2. The van der Waals surface area contributed by atoms with Crippen molar-refractivity contribution in [1.29, 1.82) is 0 Å². The molecule has 0 saturated carbocycles. The summed E-state index contributed by atoms with van der Waals surface area (Å²) < 4.78 is 7.32. The van der Waals surface area contributed by atoms with Gasteiger partial charge in [-0.05, 0) is 50.5 Å². The topological polar surface area (TPSA) is 92.6 Å². The van der Waals surface area contributed by atoms with Crippen molar-refractivity contribution in [2.75, 3.05) is 45.2 Å². The molecule has 2 saturated heterocycles. The molecule has 0 bridgehead atoms. The van der Waals surface area contributed by atoms with Crippen LogP contribution in [0.1, 0.15) is 41.4 Å². The maximum Gasteiger partial charge on any atom is 0.258 e. The van der Waals surface area contributed by atoms with Crippen LogP contribution in [0.4, 0.5) is 5.95 Å². The zero-order valence-electron chi connectivity index (χ0n) is 21.8. The molecule has 2 aliphatic rings. The fourth-order valence-electron chi connectivity index (χ4n) is 5.17. The van der Waals surface area contributed by atoms with Gasteiger partial charge in [0.15, 0.2) is 0 Å². The Balaban J connectivity index is 1.38. The van der Waals surface area contributed by atoms with E-state index in [0.29, 0.717) is 41.2 Å². The minimum atomic E-state index is -0.269. The number of amides is 2. The molecule has 1 N–H and O–H groups in total. The highest BCUT2D eigenvalue weighted by Crippen LogP contribution is 2.34. The second-order valence-corrected chi connectivity index (χ2v) is 10.4. The maximum atomic E-state index is 13.2. The summed E-state index contributed by atoms with van der Waals surface area (Å²) in [6, 6.07) is 8.88. The number of hydrogen-bond donors (Lipinski definition) is 1. The fourth-order valence-corrected chi connectivity index (χ4v) is 5.43. The van der Waals surface area contributed by atoms with Crippen molar-refractivity contribution < 1.29 is 14.3 Å². The highest BCUT2D eigenvalue weighted by molar-refractivity contribution is 6.35. The molecule has 2 amide bonds. The quantitative estimate of drug-likeness (QED) is 0.457. The van der Waals surface area contributed by atoms with Crippen molar-refractivity contribution in [2.24, 2.45) is 0 Å². The zero-order chi connectivity index (χ0) is 26.6. The molecule has 0 spiro atoms. The lowest BCUT2D eigenvalue weighted by Crippen LogP contribution is -2.51. The fraction of sp³-hybridized carbons (Fsp3) is 0.429. The van der Waals surface area contributed by atoms with E-state index in [1.165, 1.54) is 0 Å². The van der Waals surface area contributed by atoms with Crippen LogP contribution in [0.5, 0.6) is 0 Å². The van der Waals surface area contributed by atoms with Gasteiger partial charge in [0.2, 0.25) is 11.9 Å². The summed E-state index contributed by atoms with van der Waals surface area (Å²) >= 11 is 6.66. The van der Waals surface area contributed by atoms with Gasteiger partial charge in [0.1, 0.15) is 0 Å². The first-order chi connectivity index (χ1) is 18.4. The summed E-state index contributed by atoms with van der Waals surface area (Å²) in [5.74, 6) is 0.149. The van der Waals surface area contributed by atoms with E-state index < -0.39 is 0 Å². The Kier molecular flexibility index (Phi) is 8.06. The Labute approximate surface area is 227 Å². The lowest BCUT2D eigenvalue weighted by molar-refractivity contribution is -0.126. The van der Waals surface area contributed by atoms with E-state index in [0.717, 1.165) is 50.1 Å². The molecule has 2 fully saturated rings. The van der Waals surface area contributed by atoms with E-state index in [2.05, 4.69) is 15.2 Å². The van der Waals surface area contributed by atoms with Gasteiger partial charge in [-0.15, -0.1) is 0 Å². The molecule has 10 heteroatoms. The lowest BCUT2D eigenvalue weighted by atomic mass is 10.1. The van der Waals surface area contributed by atoms with Crippen molar-refractivity contribution >= 4 is 40.4 Å². The number of para-hydroxylation sites is 1. The first-order valence-corrected chi connectivity index (χ1v) is 13.4. The standard InChI is InChI=1S/C28H33ClN6O3/c1-19-15-20(11-12-30-19)27(37)32-28-31-24-9-5-8-23(29)26(24)35(28)21-7-3-4-14-34(16-21)25(36)10-6-13-33-17-22(18-33)38-2/h5-6,8-12,15,21-22H,3-4,7,13-14,16-18H2,1-2H3,(H,31,32,37). The Bertz CT molecular complexity index is 1350. The number of fused-ring (bicyclic) bond motifs is 1. The molecule has 38 heavy (non-hydrogen) atoms. The summed E-state index contributed by atoms with van der Waals surface area (Å²) in [5, 5.41) is 3.55. The number of carbonyl (C=O) groups is 2. The number of likely N-dealkylation sites (tertiary alicyclic amines) is 2. The second-order valence-electron chi connectivity index (χ2n) is 9.97. The number of aryl methyl sites for hydroxylation is 1. The van der Waals surface area contributed by atoms with Crippen LogP contribution in [-0.4, -0.2) is 82.1 Å². The van der Waals surface area contributed by atoms with Crippen LogP contribution in [-0.2, 0) is 9.53 Å². The van der Waals surface area contributed by atoms with Gasteiger partial charge in [-0.25, -0.2) is 4.98 Å². The number of hydrogen-bond acceptors (Lipinski definition) is 6. The molecule has 4 heterocycles. The number of rotatable bonds is 7. The molecular weight excluding hydrogens is 504 g/mol. The maximum absolute atomic E-state index is 13.2. The van der Waals surface area contributed by atoms with Crippen LogP contribution in [0.25, 0.3) is 11.0 Å². The number of ether oxygens (including phenoxy) is 1. The molecule has 1 unspecified atom stereocenters. The summed E-state index contributed by atoms with van der Waals surface area (Å²) in [4.78, 5) is 39.3. The summed E-state index contributed by atoms with van der Waals surface area (Å²) in [6.07, 6.45) is 8.22. The number of nitrogens with zero attached hydrogens (tertiary/aromatic N) is 5. The predicted octanol–water partition coefficient (Wildman–Crippen LogP) is 4.09. The van der Waals surface area contributed by atoms with E-state index in [1.807, 2.05) is 40.7 Å². The van der Waals surface area contributed by atoms with Crippen molar-refractivity contribution in [1.82, 2.24) is 24.3 Å². The Morgan fingerprint density at radius 2 is 2.05 bits per heavy atom. The molecule has 3 aromatic rings. The third-order valence-electron chi connectivity index (χ3n) is 7.25. The highest BCUT2D eigenvalue weighted by Gasteiger charge is 2.28. The third kappa shape index (κ3) is 5.75. The molecule has 2 aliphatic heterocycles. The lowest BCUT2D eigenvalue weighted by Gasteiger charge is -2.37. The van der Waals surface area contributed by atoms with E-state index in [-0.39, 0.29) is 17.9 Å². The molecule has 0 aliphatic carbocycles. The smallest absolute Gasteiger partial charge is 0.258 e. The van der Waals surface area contributed by atoms with Gasteiger partial charge in [0.05, 0.1) is 28.2 Å². The van der Waals surface area contributed by atoms with Crippen molar-refractivity contribution in [3.8, 4) is 0 Å². The van der Waals surface area contributed by atoms with Gasteiger partial charge in [0.25, 0.3) is 5.91 Å². The van der Waals surface area contributed by atoms with Crippen molar-refractivity contribution in [2.45, 2.75) is 38.3 Å². The van der Waals surface area contributed by atoms with Gasteiger partial charge in [-0.2, -0.15) is 0 Å². The van der Waals surface area contributed by atoms with Crippen LogP contribution in [0, 0.1) is 6.92 Å². The molecule has 200 valence electrons. The minimum absolute atomic E-state index is 0.00548. The third-order valence-corrected chi connectivity index (χ3v) is 7.55. The number of aromatic nitrogens is 3. The van der Waals surface area contributed by atoms with Gasteiger partial charge in [-0.1, -0.05) is 23.7 Å². The number of benzene rings is 1. The van der Waals surface area contributed by atoms with E-state index in [1.54, 1.807) is 31.5 Å². The molecule has 0 radical (unpaired) electrons. The van der Waals surface area contributed by atoms with E-state index in [4.69, 9.17) is 21.3 Å². The molecule has 2 aromatic heterocycles. The van der Waals surface area contributed by atoms with Crippen molar-refractivity contribution in [3.63, 3.8) is 0 Å². The summed E-state index contributed by atoms with van der Waals surface area (Å²) in [5.41, 5.74) is 2.72.